The average molecular weight is 602 g/mol. The Morgan fingerprint density at radius 2 is 1.10 bits per heavy atom. The van der Waals surface area contributed by atoms with Gasteiger partial charge in [-0.15, -0.1) is 0 Å². The maximum absolute atomic E-state index is 12.5. The molecule has 0 unspecified atom stereocenters. The third kappa shape index (κ3) is 15.3. The average Bonchev–Trinajstić information content (AvgIpc) is 2.84. The van der Waals surface area contributed by atoms with Crippen molar-refractivity contribution in [3.63, 3.8) is 0 Å². The second-order valence-corrected chi connectivity index (χ2v) is 24.7. The lowest BCUT2D eigenvalue weighted by molar-refractivity contribution is -0.123. The van der Waals surface area contributed by atoms with Crippen LogP contribution in [-0.4, -0.2) is 52.5 Å². The Morgan fingerprint density at radius 1 is 0.700 bits per heavy atom. The van der Waals surface area contributed by atoms with Crippen LogP contribution in [-0.2, 0) is 13.6 Å². The maximum atomic E-state index is 12.5. The molecule has 0 spiro atoms. The highest BCUT2D eigenvalue weighted by Crippen LogP contribution is 2.41. The Labute approximate surface area is 252 Å². The van der Waals surface area contributed by atoms with Crippen LogP contribution in [0.15, 0.2) is 0 Å². The summed E-state index contributed by atoms with van der Waals surface area (Å²) in [5, 5.41) is 13.7. The minimum atomic E-state index is -2.20. The number of nitrogens with one attached hydrogen (secondary N) is 1. The standard InChI is InChI=1S/C33H71NO4Si2/c1-13-15-16-17-18-19-20-21-22-23-24-25-26-29(37-39(9,10)32(3,4)5)31(28(27-35)34-30(36)14-2)38-40(11,12)33(6,7)8/h28-29,31,35H,13-27H2,1-12H3,(H,34,36)/t28-,29+,31-/m0/s1. The van der Waals surface area contributed by atoms with Gasteiger partial charge in [-0.2, -0.15) is 0 Å². The molecule has 7 heteroatoms. The Morgan fingerprint density at radius 3 is 1.48 bits per heavy atom. The second kappa shape index (κ2) is 19.1. The van der Waals surface area contributed by atoms with Crippen LogP contribution in [0.5, 0.6) is 0 Å². The molecule has 0 aliphatic rings. The molecule has 0 aromatic carbocycles. The summed E-state index contributed by atoms with van der Waals surface area (Å²) >= 11 is 0. The lowest BCUT2D eigenvalue weighted by Crippen LogP contribution is -2.59. The van der Waals surface area contributed by atoms with Crippen LogP contribution >= 0.6 is 0 Å². The van der Waals surface area contributed by atoms with Gasteiger partial charge in [0, 0.05) is 6.42 Å². The SMILES string of the molecule is CCCCCCCCCCCCCC[C@@H](O[Si](C)(C)C(C)(C)C)[C@@H](O[Si](C)(C)C(C)(C)C)[C@H](CO)NC(=O)CC. The molecule has 0 saturated carbocycles. The Balaban J connectivity index is 5.54. The summed E-state index contributed by atoms with van der Waals surface area (Å²) in [5.74, 6) is -0.0562. The Hall–Kier alpha value is -0.216. The molecule has 0 heterocycles. The number of hydrogen-bond acceptors (Lipinski definition) is 4. The predicted octanol–water partition coefficient (Wildman–Crippen LogP) is 9.75. The molecule has 0 aromatic rings. The van der Waals surface area contributed by atoms with Gasteiger partial charge in [-0.25, -0.2) is 0 Å². The van der Waals surface area contributed by atoms with Gasteiger partial charge in [0.25, 0.3) is 0 Å². The van der Waals surface area contributed by atoms with E-state index in [9.17, 15) is 9.90 Å². The van der Waals surface area contributed by atoms with Crippen LogP contribution in [0.4, 0.5) is 0 Å². The van der Waals surface area contributed by atoms with Crippen LogP contribution in [0, 0.1) is 0 Å². The van der Waals surface area contributed by atoms with E-state index in [1.807, 2.05) is 6.92 Å². The molecule has 0 saturated heterocycles. The van der Waals surface area contributed by atoms with Gasteiger partial charge in [0.2, 0.25) is 5.91 Å². The maximum Gasteiger partial charge on any atom is 0.220 e. The van der Waals surface area contributed by atoms with Crippen molar-refractivity contribution < 1.29 is 18.8 Å². The van der Waals surface area contributed by atoms with Crippen molar-refractivity contribution in [2.75, 3.05) is 6.61 Å². The van der Waals surface area contributed by atoms with Gasteiger partial charge in [0.1, 0.15) is 0 Å². The quantitative estimate of drug-likeness (QED) is 0.0957. The fourth-order valence-corrected chi connectivity index (χ4v) is 7.22. The molecule has 3 atom stereocenters. The minimum absolute atomic E-state index is 0.0115. The van der Waals surface area contributed by atoms with Crippen molar-refractivity contribution in [2.45, 2.75) is 200 Å². The van der Waals surface area contributed by atoms with E-state index < -0.39 is 22.7 Å². The summed E-state index contributed by atoms with van der Waals surface area (Å²) in [6.07, 6.45) is 16.5. The highest BCUT2D eigenvalue weighted by Gasteiger charge is 2.46. The first-order valence-electron chi connectivity index (χ1n) is 16.7. The smallest absolute Gasteiger partial charge is 0.220 e. The molecule has 40 heavy (non-hydrogen) atoms. The van der Waals surface area contributed by atoms with Crippen molar-refractivity contribution in [3.05, 3.63) is 0 Å². The van der Waals surface area contributed by atoms with Gasteiger partial charge in [0.15, 0.2) is 16.6 Å². The van der Waals surface area contributed by atoms with Gasteiger partial charge in [-0.05, 0) is 42.7 Å². The fraction of sp³-hybridized carbons (Fsp3) is 0.970. The first-order chi connectivity index (χ1) is 18.4. The molecule has 1 amide bonds. The number of unbranched alkanes of at least 4 members (excludes halogenated alkanes) is 11. The summed E-state index contributed by atoms with van der Waals surface area (Å²) in [4.78, 5) is 12.5. The van der Waals surface area contributed by atoms with Crippen LogP contribution in [0.3, 0.4) is 0 Å². The summed E-state index contributed by atoms with van der Waals surface area (Å²) in [5.41, 5.74) is 0. The van der Waals surface area contributed by atoms with Crippen molar-refractivity contribution >= 4 is 22.5 Å². The van der Waals surface area contributed by atoms with Gasteiger partial charge < -0.3 is 19.3 Å². The zero-order valence-corrected chi connectivity index (χ0v) is 31.0. The molecule has 0 bridgehead atoms. The van der Waals surface area contributed by atoms with E-state index in [2.05, 4.69) is 80.0 Å². The number of amides is 1. The lowest BCUT2D eigenvalue weighted by atomic mass is 9.99. The van der Waals surface area contributed by atoms with Gasteiger partial charge in [-0.3, -0.25) is 4.79 Å². The van der Waals surface area contributed by atoms with Crippen molar-refractivity contribution in [2.24, 2.45) is 0 Å². The lowest BCUT2D eigenvalue weighted by Gasteiger charge is -2.47. The van der Waals surface area contributed by atoms with E-state index >= 15 is 0 Å². The summed E-state index contributed by atoms with van der Waals surface area (Å²) in [6.45, 7) is 26.6. The molecule has 0 fully saturated rings. The van der Waals surface area contributed by atoms with E-state index in [0.29, 0.717) is 6.42 Å². The molecule has 0 aliphatic carbocycles. The first kappa shape index (κ1) is 39.8. The molecular weight excluding hydrogens is 531 g/mol. The number of carbonyl (C=O) groups is 1. The first-order valence-corrected chi connectivity index (χ1v) is 22.5. The monoisotopic (exact) mass is 601 g/mol. The molecule has 2 N–H and O–H groups in total. The van der Waals surface area contributed by atoms with E-state index in [-0.39, 0.29) is 34.8 Å². The van der Waals surface area contributed by atoms with Gasteiger partial charge in [0.05, 0.1) is 24.9 Å². The molecule has 0 rings (SSSR count). The van der Waals surface area contributed by atoms with E-state index in [1.165, 1.54) is 70.6 Å². The third-order valence-corrected chi connectivity index (χ3v) is 18.4. The fourth-order valence-electron chi connectivity index (χ4n) is 4.51. The van der Waals surface area contributed by atoms with Crippen molar-refractivity contribution in [1.29, 1.82) is 0 Å². The summed E-state index contributed by atoms with van der Waals surface area (Å²) in [6, 6.07) is -0.478. The molecule has 240 valence electrons. The van der Waals surface area contributed by atoms with E-state index in [0.717, 1.165) is 12.8 Å². The number of carbonyl (C=O) groups excluding carboxylic acids is 1. The largest absolute Gasteiger partial charge is 0.411 e. The highest BCUT2D eigenvalue weighted by molar-refractivity contribution is 6.74. The third-order valence-electron chi connectivity index (χ3n) is 9.46. The molecule has 0 radical (unpaired) electrons. The number of rotatable bonds is 22. The van der Waals surface area contributed by atoms with Gasteiger partial charge in [-0.1, -0.05) is 132 Å². The van der Waals surface area contributed by atoms with Crippen LogP contribution in [0.25, 0.3) is 0 Å². The van der Waals surface area contributed by atoms with Crippen LogP contribution < -0.4 is 5.32 Å². The Kier molecular flexibility index (Phi) is 19.0. The zero-order chi connectivity index (χ0) is 31.0. The van der Waals surface area contributed by atoms with Crippen LogP contribution in [0.2, 0.25) is 36.3 Å². The predicted molar refractivity (Wildman–Crippen MR) is 179 cm³/mol. The van der Waals surface area contributed by atoms with Crippen molar-refractivity contribution in [1.82, 2.24) is 5.32 Å². The van der Waals surface area contributed by atoms with Crippen molar-refractivity contribution in [3.8, 4) is 0 Å². The molecule has 0 aromatic heterocycles. The summed E-state index contributed by atoms with van der Waals surface area (Å²) < 4.78 is 14.1. The molecular formula is C33H71NO4Si2. The highest BCUT2D eigenvalue weighted by atomic mass is 28.4. The van der Waals surface area contributed by atoms with E-state index in [1.54, 1.807) is 0 Å². The number of aliphatic hydroxyl groups is 1. The molecule has 0 aliphatic heterocycles. The summed E-state index contributed by atoms with van der Waals surface area (Å²) in [7, 11) is -4.32. The topological polar surface area (TPSA) is 67.8 Å². The second-order valence-electron chi connectivity index (χ2n) is 15.1. The van der Waals surface area contributed by atoms with Gasteiger partial charge >= 0.3 is 0 Å². The Bertz CT molecular complexity index is 670. The number of aliphatic hydroxyl groups excluding tert-OH is 1. The molecule has 5 nitrogen and oxygen atoms in total. The van der Waals surface area contributed by atoms with E-state index in [4.69, 9.17) is 8.85 Å². The number of hydrogen-bond donors (Lipinski definition) is 2. The normalized spacial score (nSPS) is 15.6. The minimum Gasteiger partial charge on any atom is -0.411 e. The van der Waals surface area contributed by atoms with Crippen LogP contribution in [0.1, 0.15) is 145 Å². The zero-order valence-electron chi connectivity index (χ0n) is 29.0.